The van der Waals surface area contributed by atoms with Crippen LogP contribution in [0.15, 0.2) is 24.3 Å². The van der Waals surface area contributed by atoms with Crippen molar-refractivity contribution in [2.24, 2.45) is 0 Å². The molecule has 0 fully saturated rings. The van der Waals surface area contributed by atoms with Gasteiger partial charge < -0.3 is 10.4 Å². The van der Waals surface area contributed by atoms with Gasteiger partial charge in [-0.2, -0.15) is 5.26 Å². The van der Waals surface area contributed by atoms with Gasteiger partial charge in [-0.05, 0) is 31.0 Å². The molecular weight excluding hydrogens is 200 g/mol. The van der Waals surface area contributed by atoms with Crippen molar-refractivity contribution in [2.45, 2.75) is 32.2 Å². The molecule has 2 N–H and O–H groups in total. The van der Waals surface area contributed by atoms with E-state index in [1.807, 2.05) is 26.0 Å². The number of hydrogen-bond donors (Lipinski definition) is 2. The lowest BCUT2D eigenvalue weighted by molar-refractivity contribution is 0.202. The second-order valence-corrected chi connectivity index (χ2v) is 3.96. The number of benzene rings is 1. The highest BCUT2D eigenvalue weighted by Gasteiger charge is 2.24. The van der Waals surface area contributed by atoms with E-state index in [0.29, 0.717) is 5.56 Å². The maximum Gasteiger partial charge on any atom is 0.0992 e. The van der Waals surface area contributed by atoms with Crippen LogP contribution in [0.2, 0.25) is 0 Å². The molecule has 0 unspecified atom stereocenters. The normalized spacial score (nSPS) is 10.9. The van der Waals surface area contributed by atoms with Gasteiger partial charge in [-0.3, -0.25) is 0 Å². The SMILES string of the molecule is CCC(CC)(CO)Nc1cccc(C#N)c1. The predicted octanol–water partition coefficient (Wildman–Crippen LogP) is 2.52. The van der Waals surface area contributed by atoms with E-state index in [1.165, 1.54) is 0 Å². The molecule has 86 valence electrons. The zero-order valence-corrected chi connectivity index (χ0v) is 9.83. The van der Waals surface area contributed by atoms with Gasteiger partial charge in [0.2, 0.25) is 0 Å². The summed E-state index contributed by atoms with van der Waals surface area (Å²) in [6.07, 6.45) is 1.69. The summed E-state index contributed by atoms with van der Waals surface area (Å²) in [5.41, 5.74) is 1.23. The van der Waals surface area contributed by atoms with E-state index in [4.69, 9.17) is 5.26 Å². The molecule has 1 aromatic rings. The molecule has 0 aliphatic carbocycles. The molecule has 0 aromatic heterocycles. The molecule has 0 bridgehead atoms. The smallest absolute Gasteiger partial charge is 0.0992 e. The lowest BCUT2D eigenvalue weighted by Gasteiger charge is -2.32. The van der Waals surface area contributed by atoms with Gasteiger partial charge in [0, 0.05) is 5.69 Å². The van der Waals surface area contributed by atoms with Crippen LogP contribution < -0.4 is 5.32 Å². The van der Waals surface area contributed by atoms with Crippen LogP contribution in [0.1, 0.15) is 32.3 Å². The van der Waals surface area contributed by atoms with E-state index in [0.717, 1.165) is 18.5 Å². The Balaban J connectivity index is 2.90. The number of aliphatic hydroxyl groups excluding tert-OH is 1. The Bertz CT molecular complexity index is 369. The van der Waals surface area contributed by atoms with E-state index in [2.05, 4.69) is 11.4 Å². The molecule has 3 heteroatoms. The molecule has 0 saturated heterocycles. The Morgan fingerprint density at radius 3 is 2.56 bits per heavy atom. The highest BCUT2D eigenvalue weighted by atomic mass is 16.3. The predicted molar refractivity (Wildman–Crippen MR) is 65.2 cm³/mol. The van der Waals surface area contributed by atoms with Crippen molar-refractivity contribution in [3.05, 3.63) is 29.8 Å². The van der Waals surface area contributed by atoms with Crippen molar-refractivity contribution in [1.82, 2.24) is 0 Å². The minimum absolute atomic E-state index is 0.0940. The lowest BCUT2D eigenvalue weighted by atomic mass is 9.93. The molecule has 1 rings (SSSR count). The maximum atomic E-state index is 9.44. The molecule has 0 aliphatic heterocycles. The van der Waals surface area contributed by atoms with Gasteiger partial charge in [-0.15, -0.1) is 0 Å². The first-order valence-corrected chi connectivity index (χ1v) is 5.59. The maximum absolute atomic E-state index is 9.44. The third-order valence-corrected chi connectivity index (χ3v) is 3.06. The third kappa shape index (κ3) is 2.74. The van der Waals surface area contributed by atoms with Crippen molar-refractivity contribution < 1.29 is 5.11 Å². The number of nitrogens with one attached hydrogen (secondary N) is 1. The molecule has 0 saturated carbocycles. The molecule has 0 aliphatic rings. The van der Waals surface area contributed by atoms with E-state index in [9.17, 15) is 5.11 Å². The van der Waals surface area contributed by atoms with Crippen LogP contribution in [0.5, 0.6) is 0 Å². The van der Waals surface area contributed by atoms with Crippen LogP contribution in [-0.2, 0) is 0 Å². The summed E-state index contributed by atoms with van der Waals surface area (Å²) in [6, 6.07) is 9.43. The highest BCUT2D eigenvalue weighted by Crippen LogP contribution is 2.22. The van der Waals surface area contributed by atoms with Crippen LogP contribution in [0.3, 0.4) is 0 Å². The van der Waals surface area contributed by atoms with Crippen molar-refractivity contribution >= 4 is 5.69 Å². The van der Waals surface area contributed by atoms with E-state index in [1.54, 1.807) is 12.1 Å². The van der Waals surface area contributed by atoms with Gasteiger partial charge in [0.15, 0.2) is 0 Å². The fourth-order valence-electron chi connectivity index (χ4n) is 1.66. The Morgan fingerprint density at radius 1 is 1.38 bits per heavy atom. The number of nitrogens with zero attached hydrogens (tertiary/aromatic N) is 1. The zero-order valence-electron chi connectivity index (χ0n) is 9.83. The summed E-state index contributed by atoms with van der Waals surface area (Å²) >= 11 is 0. The fourth-order valence-corrected chi connectivity index (χ4v) is 1.66. The van der Waals surface area contributed by atoms with Gasteiger partial charge >= 0.3 is 0 Å². The summed E-state index contributed by atoms with van der Waals surface area (Å²) < 4.78 is 0. The van der Waals surface area contributed by atoms with Crippen molar-refractivity contribution in [1.29, 1.82) is 5.26 Å². The first-order valence-electron chi connectivity index (χ1n) is 5.59. The molecule has 0 heterocycles. The van der Waals surface area contributed by atoms with E-state index >= 15 is 0 Å². The minimum Gasteiger partial charge on any atom is -0.394 e. The van der Waals surface area contributed by atoms with Crippen molar-refractivity contribution in [3.63, 3.8) is 0 Å². The second-order valence-electron chi connectivity index (χ2n) is 3.96. The number of hydrogen-bond acceptors (Lipinski definition) is 3. The zero-order chi connectivity index (χ0) is 12.0. The Kier molecular flexibility index (Phi) is 4.33. The van der Waals surface area contributed by atoms with Crippen LogP contribution in [0.25, 0.3) is 0 Å². The standard InChI is InChI=1S/C13H18N2O/c1-3-13(4-2,10-16)15-12-7-5-6-11(8-12)9-14/h5-8,15-16H,3-4,10H2,1-2H3. The number of aliphatic hydroxyl groups is 1. The third-order valence-electron chi connectivity index (χ3n) is 3.06. The summed E-state index contributed by atoms with van der Waals surface area (Å²) in [5, 5.41) is 21.6. The molecule has 0 atom stereocenters. The highest BCUT2D eigenvalue weighted by molar-refractivity contribution is 5.50. The molecule has 0 spiro atoms. The summed E-state index contributed by atoms with van der Waals surface area (Å²) in [7, 11) is 0. The molecule has 3 nitrogen and oxygen atoms in total. The van der Waals surface area contributed by atoms with Crippen molar-refractivity contribution in [2.75, 3.05) is 11.9 Å². The minimum atomic E-state index is -0.284. The average molecular weight is 218 g/mol. The Hall–Kier alpha value is -1.53. The van der Waals surface area contributed by atoms with Gasteiger partial charge in [0.05, 0.1) is 23.8 Å². The van der Waals surface area contributed by atoms with Crippen molar-refractivity contribution in [3.8, 4) is 6.07 Å². The molecule has 0 amide bonds. The van der Waals surface area contributed by atoms with E-state index < -0.39 is 0 Å². The second kappa shape index (κ2) is 5.53. The number of anilines is 1. The monoisotopic (exact) mass is 218 g/mol. The lowest BCUT2D eigenvalue weighted by Crippen LogP contribution is -2.40. The number of rotatable bonds is 5. The molecule has 0 radical (unpaired) electrons. The quantitative estimate of drug-likeness (QED) is 0.798. The molecule has 16 heavy (non-hydrogen) atoms. The molecule has 1 aromatic carbocycles. The van der Waals surface area contributed by atoms with Gasteiger partial charge in [-0.1, -0.05) is 19.9 Å². The largest absolute Gasteiger partial charge is 0.394 e. The Morgan fingerprint density at radius 2 is 2.06 bits per heavy atom. The van der Waals surface area contributed by atoms with Crippen LogP contribution in [0, 0.1) is 11.3 Å². The average Bonchev–Trinajstić information content (AvgIpc) is 2.36. The summed E-state index contributed by atoms with van der Waals surface area (Å²) in [6.45, 7) is 4.18. The first kappa shape index (κ1) is 12.5. The van der Waals surface area contributed by atoms with E-state index in [-0.39, 0.29) is 12.1 Å². The Labute approximate surface area is 96.7 Å². The van der Waals surface area contributed by atoms with Crippen LogP contribution in [-0.4, -0.2) is 17.3 Å². The summed E-state index contributed by atoms with van der Waals surface area (Å²) in [4.78, 5) is 0. The van der Waals surface area contributed by atoms with Gasteiger partial charge in [-0.25, -0.2) is 0 Å². The van der Waals surface area contributed by atoms with Gasteiger partial charge in [0.1, 0.15) is 0 Å². The summed E-state index contributed by atoms with van der Waals surface area (Å²) in [5.74, 6) is 0. The molecular formula is C13H18N2O. The first-order chi connectivity index (χ1) is 7.69. The fraction of sp³-hybridized carbons (Fsp3) is 0.462. The topological polar surface area (TPSA) is 56.0 Å². The van der Waals surface area contributed by atoms with Crippen LogP contribution >= 0.6 is 0 Å². The van der Waals surface area contributed by atoms with Crippen LogP contribution in [0.4, 0.5) is 5.69 Å². The van der Waals surface area contributed by atoms with Gasteiger partial charge in [0.25, 0.3) is 0 Å². The number of nitriles is 1.